The molecule has 0 aliphatic heterocycles. The van der Waals surface area contributed by atoms with Gasteiger partial charge in [0.25, 0.3) is 0 Å². The topological polar surface area (TPSA) is 47.1 Å². The molecule has 3 nitrogen and oxygen atoms in total. The SMILES string of the molecule is COC(C)[N]C(C)C#N. The largest absolute Gasteiger partial charge is 0.365 e. The van der Waals surface area contributed by atoms with Crippen LogP contribution in [0.15, 0.2) is 0 Å². The zero-order chi connectivity index (χ0) is 7.28. The molecule has 0 rings (SSSR count). The number of nitriles is 1. The van der Waals surface area contributed by atoms with Crippen molar-refractivity contribution >= 4 is 0 Å². The Morgan fingerprint density at radius 2 is 2.11 bits per heavy atom. The minimum Gasteiger partial charge on any atom is -0.365 e. The molecule has 2 unspecified atom stereocenters. The number of ether oxygens (including phenoxy) is 1. The molecule has 0 heterocycles. The van der Waals surface area contributed by atoms with Gasteiger partial charge in [-0.2, -0.15) is 10.6 Å². The maximum absolute atomic E-state index is 8.28. The maximum atomic E-state index is 8.28. The summed E-state index contributed by atoms with van der Waals surface area (Å²) in [5, 5.41) is 12.2. The lowest BCUT2D eigenvalue weighted by Gasteiger charge is -2.09. The first-order valence-corrected chi connectivity index (χ1v) is 2.83. The molecule has 0 N–H and O–H groups in total. The molecule has 0 aromatic heterocycles. The van der Waals surface area contributed by atoms with Crippen molar-refractivity contribution in [1.82, 2.24) is 5.32 Å². The Morgan fingerprint density at radius 3 is 2.44 bits per heavy atom. The van der Waals surface area contributed by atoms with E-state index < -0.39 is 0 Å². The fourth-order valence-corrected chi connectivity index (χ4v) is 0.409. The molecule has 0 aromatic carbocycles. The third-order valence-corrected chi connectivity index (χ3v) is 0.961. The molecule has 0 bridgehead atoms. The van der Waals surface area contributed by atoms with E-state index in [4.69, 9.17) is 10.00 Å². The molecule has 51 valence electrons. The van der Waals surface area contributed by atoms with Crippen LogP contribution in [-0.4, -0.2) is 19.4 Å². The first-order valence-electron chi connectivity index (χ1n) is 2.83. The monoisotopic (exact) mass is 127 g/mol. The van der Waals surface area contributed by atoms with Crippen LogP contribution < -0.4 is 5.32 Å². The average Bonchev–Trinajstić information content (AvgIpc) is 1.87. The summed E-state index contributed by atoms with van der Waals surface area (Å²) in [6.45, 7) is 3.53. The first-order chi connectivity index (χ1) is 4.20. The summed E-state index contributed by atoms with van der Waals surface area (Å²) >= 11 is 0. The average molecular weight is 127 g/mol. The fraction of sp³-hybridized carbons (Fsp3) is 0.833. The van der Waals surface area contributed by atoms with Crippen molar-refractivity contribution < 1.29 is 4.74 Å². The molecular weight excluding hydrogens is 116 g/mol. The lowest BCUT2D eigenvalue weighted by molar-refractivity contribution is 0.0821. The quantitative estimate of drug-likeness (QED) is 0.554. The Balaban J connectivity index is 3.37. The summed E-state index contributed by atoms with van der Waals surface area (Å²) in [4.78, 5) is 0. The number of rotatable bonds is 3. The van der Waals surface area contributed by atoms with Crippen molar-refractivity contribution in [2.24, 2.45) is 0 Å². The lowest BCUT2D eigenvalue weighted by atomic mass is 10.4. The van der Waals surface area contributed by atoms with Crippen molar-refractivity contribution in [2.45, 2.75) is 26.1 Å². The molecule has 0 amide bonds. The highest BCUT2D eigenvalue weighted by Gasteiger charge is 2.04. The second-order valence-corrected chi connectivity index (χ2v) is 1.79. The summed E-state index contributed by atoms with van der Waals surface area (Å²) in [5.74, 6) is 0. The Morgan fingerprint density at radius 1 is 1.56 bits per heavy atom. The van der Waals surface area contributed by atoms with Crippen molar-refractivity contribution in [3.8, 4) is 6.07 Å². The Kier molecular flexibility index (Phi) is 4.02. The molecule has 0 aliphatic carbocycles. The molecular formula is C6H11N2O. The van der Waals surface area contributed by atoms with E-state index in [2.05, 4.69) is 5.32 Å². The smallest absolute Gasteiger partial charge is 0.121 e. The normalized spacial score (nSPS) is 16.2. The summed E-state index contributed by atoms with van der Waals surface area (Å²) in [6.07, 6.45) is -0.167. The Bertz CT molecular complexity index is 108. The van der Waals surface area contributed by atoms with Crippen molar-refractivity contribution in [1.29, 1.82) is 5.26 Å². The summed E-state index contributed by atoms with van der Waals surface area (Å²) in [6, 6.07) is 1.72. The Hall–Kier alpha value is -0.590. The minimum absolute atomic E-state index is 0.167. The van der Waals surface area contributed by atoms with Crippen molar-refractivity contribution in [3.63, 3.8) is 0 Å². The summed E-state index contributed by atoms with van der Waals surface area (Å²) < 4.78 is 4.80. The van der Waals surface area contributed by atoms with Crippen LogP contribution in [0.4, 0.5) is 0 Å². The van der Waals surface area contributed by atoms with E-state index in [0.717, 1.165) is 0 Å². The van der Waals surface area contributed by atoms with E-state index in [1.807, 2.05) is 6.07 Å². The van der Waals surface area contributed by atoms with E-state index in [9.17, 15) is 0 Å². The highest BCUT2D eigenvalue weighted by Crippen LogP contribution is 1.87. The predicted octanol–water partition coefficient (Wildman–Crippen LogP) is 0.495. The summed E-state index contributed by atoms with van der Waals surface area (Å²) in [7, 11) is 1.57. The lowest BCUT2D eigenvalue weighted by Crippen LogP contribution is -2.27. The van der Waals surface area contributed by atoms with Crippen LogP contribution in [0.1, 0.15) is 13.8 Å². The third-order valence-electron chi connectivity index (χ3n) is 0.961. The van der Waals surface area contributed by atoms with Gasteiger partial charge >= 0.3 is 0 Å². The zero-order valence-corrected chi connectivity index (χ0v) is 5.96. The second kappa shape index (κ2) is 4.30. The maximum Gasteiger partial charge on any atom is 0.121 e. The molecule has 3 heteroatoms. The van der Waals surface area contributed by atoms with Crippen LogP contribution in [0.5, 0.6) is 0 Å². The number of hydrogen-bond acceptors (Lipinski definition) is 2. The molecule has 0 saturated carbocycles. The van der Waals surface area contributed by atoms with Crippen LogP contribution in [0.3, 0.4) is 0 Å². The second-order valence-electron chi connectivity index (χ2n) is 1.79. The molecule has 2 atom stereocenters. The van der Waals surface area contributed by atoms with Gasteiger partial charge in [-0.1, -0.05) is 0 Å². The molecule has 0 saturated heterocycles. The van der Waals surface area contributed by atoms with Gasteiger partial charge < -0.3 is 4.74 Å². The van der Waals surface area contributed by atoms with E-state index in [1.54, 1.807) is 21.0 Å². The number of hydrogen-bond donors (Lipinski definition) is 0. The highest BCUT2D eigenvalue weighted by atomic mass is 16.5. The molecule has 0 spiro atoms. The standard InChI is InChI=1S/C6H11N2O/c1-5(4-7)8-6(2)9-3/h5-6H,1-3H3. The third kappa shape index (κ3) is 3.95. The van der Waals surface area contributed by atoms with Gasteiger partial charge in [0.1, 0.15) is 12.3 Å². The number of methoxy groups -OCH3 is 1. The van der Waals surface area contributed by atoms with Crippen LogP contribution in [-0.2, 0) is 4.74 Å². The van der Waals surface area contributed by atoms with Gasteiger partial charge in [0.2, 0.25) is 0 Å². The minimum atomic E-state index is -0.264. The van der Waals surface area contributed by atoms with E-state index in [0.29, 0.717) is 0 Å². The molecule has 0 aliphatic rings. The molecule has 0 aromatic rings. The van der Waals surface area contributed by atoms with Gasteiger partial charge in [-0.3, -0.25) is 0 Å². The van der Waals surface area contributed by atoms with Crippen LogP contribution in [0, 0.1) is 11.3 Å². The molecule has 1 radical (unpaired) electrons. The predicted molar refractivity (Wildman–Crippen MR) is 33.7 cm³/mol. The van der Waals surface area contributed by atoms with Gasteiger partial charge in [0.15, 0.2) is 0 Å². The van der Waals surface area contributed by atoms with Crippen LogP contribution in [0.25, 0.3) is 0 Å². The van der Waals surface area contributed by atoms with Crippen LogP contribution >= 0.6 is 0 Å². The molecule has 0 fully saturated rings. The van der Waals surface area contributed by atoms with Gasteiger partial charge in [-0.25, -0.2) is 0 Å². The summed E-state index contributed by atoms with van der Waals surface area (Å²) in [5.41, 5.74) is 0. The van der Waals surface area contributed by atoms with Crippen LogP contribution in [0.2, 0.25) is 0 Å². The molecule has 9 heavy (non-hydrogen) atoms. The van der Waals surface area contributed by atoms with Gasteiger partial charge in [-0.15, -0.1) is 0 Å². The Labute approximate surface area is 55.6 Å². The van der Waals surface area contributed by atoms with E-state index >= 15 is 0 Å². The highest BCUT2D eigenvalue weighted by molar-refractivity contribution is 4.85. The van der Waals surface area contributed by atoms with Gasteiger partial charge in [0.05, 0.1) is 6.07 Å². The van der Waals surface area contributed by atoms with Crippen molar-refractivity contribution in [3.05, 3.63) is 0 Å². The first kappa shape index (κ1) is 8.41. The zero-order valence-electron chi connectivity index (χ0n) is 5.96. The number of nitrogens with zero attached hydrogens (tertiary/aromatic N) is 2. The fourth-order valence-electron chi connectivity index (χ4n) is 0.409. The van der Waals surface area contributed by atoms with E-state index in [1.165, 1.54) is 0 Å². The van der Waals surface area contributed by atoms with Gasteiger partial charge in [-0.05, 0) is 13.8 Å². The van der Waals surface area contributed by atoms with Gasteiger partial charge in [0, 0.05) is 7.11 Å². The van der Waals surface area contributed by atoms with E-state index in [-0.39, 0.29) is 12.3 Å². The van der Waals surface area contributed by atoms with Crippen molar-refractivity contribution in [2.75, 3.05) is 7.11 Å².